The Hall–Kier alpha value is -1.76. The van der Waals surface area contributed by atoms with Crippen molar-refractivity contribution in [2.24, 2.45) is 0 Å². The molecule has 1 heterocycles. The van der Waals surface area contributed by atoms with Crippen LogP contribution in [0.4, 0.5) is 0 Å². The average molecular weight is 423 g/mol. The molecule has 0 aromatic heterocycles. The van der Waals surface area contributed by atoms with Crippen molar-refractivity contribution in [1.29, 1.82) is 0 Å². The summed E-state index contributed by atoms with van der Waals surface area (Å²) in [6.07, 6.45) is -0.155. The van der Waals surface area contributed by atoms with Crippen LogP contribution in [0.2, 0.25) is 0 Å². The van der Waals surface area contributed by atoms with Crippen LogP contribution in [-0.2, 0) is 0 Å². The van der Waals surface area contributed by atoms with Crippen molar-refractivity contribution < 1.29 is 14.3 Å². The van der Waals surface area contributed by atoms with Gasteiger partial charge in [-0.2, -0.15) is 0 Å². The Balaban J connectivity index is 1.68. The van der Waals surface area contributed by atoms with Crippen molar-refractivity contribution in [1.82, 2.24) is 4.90 Å². The summed E-state index contributed by atoms with van der Waals surface area (Å²) < 4.78 is 12.8. The zero-order valence-corrected chi connectivity index (χ0v) is 15.0. The van der Waals surface area contributed by atoms with Gasteiger partial charge in [-0.15, -0.1) is 0 Å². The molecule has 4 nitrogen and oxygen atoms in total. The van der Waals surface area contributed by atoms with Crippen LogP contribution in [0.5, 0.6) is 11.5 Å². The molecule has 0 N–H and O–H groups in total. The normalized spacial score (nSPS) is 16.0. The fourth-order valence-corrected chi connectivity index (χ4v) is 2.89. The first kappa shape index (κ1) is 16.1. The second-order valence-corrected chi connectivity index (χ2v) is 6.59. The lowest BCUT2D eigenvalue weighted by Gasteiger charge is -2.31. The predicted molar refractivity (Wildman–Crippen MR) is 97.1 cm³/mol. The molecule has 2 aromatic carbocycles. The molecular weight excluding hydrogens is 405 g/mol. The van der Waals surface area contributed by atoms with Crippen LogP contribution in [0.25, 0.3) is 0 Å². The molecule has 0 saturated carbocycles. The van der Waals surface area contributed by atoms with Gasteiger partial charge in [0.25, 0.3) is 5.91 Å². The molecule has 1 unspecified atom stereocenters. The van der Waals surface area contributed by atoms with E-state index in [1.54, 1.807) is 4.90 Å². The fourth-order valence-electron chi connectivity index (χ4n) is 2.53. The molecular formula is C18H18INO3. The number of likely N-dealkylation sites (N-methyl/N-ethyl adjacent to an activating group) is 1. The molecule has 23 heavy (non-hydrogen) atoms. The van der Waals surface area contributed by atoms with Crippen molar-refractivity contribution in [3.05, 3.63) is 57.7 Å². The molecule has 1 aliphatic heterocycles. The number of hydrogen-bond donors (Lipinski definition) is 0. The zero-order valence-electron chi connectivity index (χ0n) is 12.9. The van der Waals surface area contributed by atoms with Crippen molar-refractivity contribution in [2.45, 2.75) is 13.0 Å². The lowest BCUT2D eigenvalue weighted by atomic mass is 10.2. The molecule has 120 valence electrons. The standard InChI is InChI=1S/C18H18INO3/c1-2-20(18(21)13-7-9-14(19)10-8-13)11-15-12-22-16-5-3-4-6-17(16)23-15/h3-10,15H,2,11-12H2,1H3. The highest BCUT2D eigenvalue weighted by molar-refractivity contribution is 14.1. The monoisotopic (exact) mass is 423 g/mol. The molecule has 0 fully saturated rings. The largest absolute Gasteiger partial charge is 0.486 e. The second-order valence-electron chi connectivity index (χ2n) is 5.35. The Labute approximate surface area is 149 Å². The highest BCUT2D eigenvalue weighted by Crippen LogP contribution is 2.31. The molecule has 0 bridgehead atoms. The van der Waals surface area contributed by atoms with Crippen LogP contribution in [0.1, 0.15) is 17.3 Å². The molecule has 0 radical (unpaired) electrons. The molecule has 1 aliphatic rings. The van der Waals surface area contributed by atoms with Crippen LogP contribution < -0.4 is 9.47 Å². The van der Waals surface area contributed by atoms with Gasteiger partial charge in [0.1, 0.15) is 6.61 Å². The molecule has 2 aromatic rings. The Bertz CT molecular complexity index is 687. The highest BCUT2D eigenvalue weighted by atomic mass is 127. The van der Waals surface area contributed by atoms with E-state index < -0.39 is 0 Å². The maximum absolute atomic E-state index is 12.6. The maximum Gasteiger partial charge on any atom is 0.253 e. The molecule has 3 rings (SSSR count). The third-order valence-corrected chi connectivity index (χ3v) is 4.47. The maximum atomic E-state index is 12.6. The fraction of sp³-hybridized carbons (Fsp3) is 0.278. The lowest BCUT2D eigenvalue weighted by Crippen LogP contribution is -2.43. The number of nitrogens with zero attached hydrogens (tertiary/aromatic N) is 1. The highest BCUT2D eigenvalue weighted by Gasteiger charge is 2.25. The lowest BCUT2D eigenvalue weighted by molar-refractivity contribution is 0.0475. The van der Waals surface area contributed by atoms with Gasteiger partial charge in [-0.1, -0.05) is 12.1 Å². The number of amides is 1. The summed E-state index contributed by atoms with van der Waals surface area (Å²) in [5.74, 6) is 1.52. The molecule has 0 spiro atoms. The van der Waals surface area contributed by atoms with E-state index in [1.807, 2.05) is 55.5 Å². The first-order valence-corrected chi connectivity index (χ1v) is 8.68. The summed E-state index contributed by atoms with van der Waals surface area (Å²) >= 11 is 2.23. The zero-order chi connectivity index (χ0) is 16.2. The SMILES string of the molecule is CCN(CC1COc2ccccc2O1)C(=O)c1ccc(I)cc1. The van der Waals surface area contributed by atoms with Gasteiger partial charge in [-0.3, -0.25) is 4.79 Å². The van der Waals surface area contributed by atoms with E-state index in [4.69, 9.17) is 9.47 Å². The van der Waals surface area contributed by atoms with Crippen molar-refractivity contribution in [2.75, 3.05) is 19.7 Å². The van der Waals surface area contributed by atoms with Gasteiger partial charge in [-0.25, -0.2) is 0 Å². The van der Waals surface area contributed by atoms with E-state index >= 15 is 0 Å². The van der Waals surface area contributed by atoms with Gasteiger partial charge in [0, 0.05) is 15.7 Å². The van der Waals surface area contributed by atoms with E-state index in [1.165, 1.54) is 0 Å². The Morgan fingerprint density at radius 1 is 1.17 bits per heavy atom. The molecule has 0 saturated heterocycles. The minimum Gasteiger partial charge on any atom is -0.486 e. The Kier molecular flexibility index (Phi) is 5.05. The van der Waals surface area contributed by atoms with Crippen LogP contribution in [-0.4, -0.2) is 36.6 Å². The quantitative estimate of drug-likeness (QED) is 0.706. The van der Waals surface area contributed by atoms with E-state index in [0.717, 1.165) is 15.1 Å². The first-order chi connectivity index (χ1) is 11.2. The number of rotatable bonds is 4. The van der Waals surface area contributed by atoms with Gasteiger partial charge in [0.15, 0.2) is 17.6 Å². The van der Waals surface area contributed by atoms with E-state index in [0.29, 0.717) is 25.3 Å². The van der Waals surface area contributed by atoms with Crippen molar-refractivity contribution >= 4 is 28.5 Å². The summed E-state index contributed by atoms with van der Waals surface area (Å²) in [7, 11) is 0. The van der Waals surface area contributed by atoms with Crippen LogP contribution in [0, 0.1) is 3.57 Å². The number of benzene rings is 2. The van der Waals surface area contributed by atoms with Gasteiger partial charge >= 0.3 is 0 Å². The Morgan fingerprint density at radius 2 is 1.87 bits per heavy atom. The summed E-state index contributed by atoms with van der Waals surface area (Å²) in [4.78, 5) is 14.4. The van der Waals surface area contributed by atoms with Gasteiger partial charge in [0.05, 0.1) is 6.54 Å². The van der Waals surface area contributed by atoms with Crippen LogP contribution >= 0.6 is 22.6 Å². The third-order valence-electron chi connectivity index (χ3n) is 3.75. The average Bonchev–Trinajstić information content (AvgIpc) is 2.59. The Morgan fingerprint density at radius 3 is 2.57 bits per heavy atom. The number of para-hydroxylation sites is 2. The predicted octanol–water partition coefficient (Wildman–Crippen LogP) is 3.59. The molecule has 0 aliphatic carbocycles. The summed E-state index contributed by atoms with van der Waals surface area (Å²) in [6.45, 7) is 3.57. The number of halogens is 1. The minimum absolute atomic E-state index is 0.0198. The number of ether oxygens (including phenoxy) is 2. The van der Waals surface area contributed by atoms with E-state index in [-0.39, 0.29) is 12.0 Å². The van der Waals surface area contributed by atoms with Gasteiger partial charge in [0.2, 0.25) is 0 Å². The van der Waals surface area contributed by atoms with Gasteiger partial charge in [-0.05, 0) is 65.9 Å². The van der Waals surface area contributed by atoms with Crippen LogP contribution in [0.15, 0.2) is 48.5 Å². The third kappa shape index (κ3) is 3.77. The van der Waals surface area contributed by atoms with Crippen LogP contribution in [0.3, 0.4) is 0 Å². The number of hydrogen-bond acceptors (Lipinski definition) is 3. The van der Waals surface area contributed by atoms with Crippen molar-refractivity contribution in [3.8, 4) is 11.5 Å². The molecule has 5 heteroatoms. The van der Waals surface area contributed by atoms with Gasteiger partial charge < -0.3 is 14.4 Å². The number of fused-ring (bicyclic) bond motifs is 1. The summed E-state index contributed by atoms with van der Waals surface area (Å²) in [5, 5.41) is 0. The number of carbonyl (C=O) groups is 1. The first-order valence-electron chi connectivity index (χ1n) is 7.60. The number of carbonyl (C=O) groups excluding carboxylic acids is 1. The smallest absolute Gasteiger partial charge is 0.253 e. The molecule has 1 amide bonds. The minimum atomic E-state index is -0.155. The van der Waals surface area contributed by atoms with Crippen molar-refractivity contribution in [3.63, 3.8) is 0 Å². The second kappa shape index (κ2) is 7.21. The van der Waals surface area contributed by atoms with E-state index in [9.17, 15) is 4.79 Å². The molecule has 1 atom stereocenters. The summed E-state index contributed by atoms with van der Waals surface area (Å²) in [5.41, 5.74) is 0.699. The summed E-state index contributed by atoms with van der Waals surface area (Å²) in [6, 6.07) is 15.2. The topological polar surface area (TPSA) is 38.8 Å². The van der Waals surface area contributed by atoms with E-state index in [2.05, 4.69) is 22.6 Å².